The van der Waals surface area contributed by atoms with Crippen molar-refractivity contribution in [2.45, 2.75) is 13.5 Å². The van der Waals surface area contributed by atoms with Crippen LogP contribution in [0.15, 0.2) is 46.9 Å². The minimum atomic E-state index is -0.324. The largest absolute Gasteiger partial charge is 0.489 e. The molecule has 3 N–H and O–H groups in total. The summed E-state index contributed by atoms with van der Waals surface area (Å²) in [6.45, 7) is 2.28. The van der Waals surface area contributed by atoms with Crippen molar-refractivity contribution in [1.29, 1.82) is 0 Å². The third-order valence-corrected chi connectivity index (χ3v) is 3.42. The molecule has 5 heteroatoms. The Balaban J connectivity index is 2.19. The van der Waals surface area contributed by atoms with Crippen LogP contribution in [0.25, 0.3) is 0 Å². The van der Waals surface area contributed by atoms with Crippen LogP contribution < -0.4 is 16.0 Å². The molecule has 0 aliphatic heterocycles. The maximum atomic E-state index is 11.7. The van der Waals surface area contributed by atoms with E-state index in [4.69, 9.17) is 10.6 Å². The Bertz CT molecular complexity index is 629. The number of rotatable bonds is 4. The summed E-state index contributed by atoms with van der Waals surface area (Å²) in [5.74, 6) is 5.63. The van der Waals surface area contributed by atoms with Crippen molar-refractivity contribution in [3.8, 4) is 5.75 Å². The quantitative estimate of drug-likeness (QED) is 0.513. The van der Waals surface area contributed by atoms with Crippen LogP contribution in [-0.2, 0) is 6.61 Å². The highest BCUT2D eigenvalue weighted by Crippen LogP contribution is 2.24. The van der Waals surface area contributed by atoms with Crippen LogP contribution >= 0.6 is 15.9 Å². The summed E-state index contributed by atoms with van der Waals surface area (Å²) in [6.07, 6.45) is 0. The monoisotopic (exact) mass is 334 g/mol. The van der Waals surface area contributed by atoms with E-state index in [9.17, 15) is 4.79 Å². The lowest BCUT2D eigenvalue weighted by Crippen LogP contribution is -2.30. The molecule has 0 heterocycles. The SMILES string of the molecule is Cc1ccc(Br)cc1OCc1ccccc1C(=O)NN. The van der Waals surface area contributed by atoms with E-state index in [1.807, 2.05) is 37.3 Å². The summed E-state index contributed by atoms with van der Waals surface area (Å²) in [5.41, 5.74) is 4.48. The molecule has 0 bridgehead atoms. The van der Waals surface area contributed by atoms with E-state index >= 15 is 0 Å². The summed E-state index contributed by atoms with van der Waals surface area (Å²) >= 11 is 3.41. The van der Waals surface area contributed by atoms with Crippen LogP contribution in [0.4, 0.5) is 0 Å². The standard InChI is InChI=1S/C15H15BrN2O2/c1-10-6-7-12(16)8-14(10)20-9-11-4-2-3-5-13(11)15(19)18-17/h2-8H,9,17H2,1H3,(H,18,19). The number of hydrogen-bond acceptors (Lipinski definition) is 3. The number of benzene rings is 2. The number of nitrogens with one attached hydrogen (secondary N) is 1. The highest BCUT2D eigenvalue weighted by Gasteiger charge is 2.10. The van der Waals surface area contributed by atoms with Gasteiger partial charge in [-0.1, -0.05) is 40.2 Å². The highest BCUT2D eigenvalue weighted by atomic mass is 79.9. The molecule has 0 saturated heterocycles. The second-order valence-electron chi connectivity index (χ2n) is 4.33. The number of hydrogen-bond donors (Lipinski definition) is 2. The van der Waals surface area contributed by atoms with E-state index in [2.05, 4.69) is 21.4 Å². The van der Waals surface area contributed by atoms with Gasteiger partial charge < -0.3 is 4.74 Å². The highest BCUT2D eigenvalue weighted by molar-refractivity contribution is 9.10. The first-order valence-electron chi connectivity index (χ1n) is 6.09. The number of carbonyl (C=O) groups excluding carboxylic acids is 1. The van der Waals surface area contributed by atoms with Gasteiger partial charge >= 0.3 is 0 Å². The minimum Gasteiger partial charge on any atom is -0.489 e. The lowest BCUT2D eigenvalue weighted by Gasteiger charge is -2.12. The molecule has 0 aromatic heterocycles. The second-order valence-corrected chi connectivity index (χ2v) is 5.24. The molecule has 104 valence electrons. The van der Waals surface area contributed by atoms with Crippen molar-refractivity contribution in [2.75, 3.05) is 0 Å². The molecule has 4 nitrogen and oxygen atoms in total. The molecule has 0 unspecified atom stereocenters. The zero-order valence-corrected chi connectivity index (χ0v) is 12.6. The van der Waals surface area contributed by atoms with Crippen molar-refractivity contribution < 1.29 is 9.53 Å². The van der Waals surface area contributed by atoms with Gasteiger partial charge in [0, 0.05) is 15.6 Å². The van der Waals surface area contributed by atoms with Gasteiger partial charge in [-0.2, -0.15) is 0 Å². The Kier molecular flexibility index (Phi) is 4.76. The third kappa shape index (κ3) is 3.37. The van der Waals surface area contributed by atoms with Crippen molar-refractivity contribution in [3.63, 3.8) is 0 Å². The number of hydrazine groups is 1. The maximum Gasteiger partial charge on any atom is 0.265 e. The molecular formula is C15H15BrN2O2. The minimum absolute atomic E-state index is 0.306. The topological polar surface area (TPSA) is 64.3 Å². The Labute approximate surface area is 126 Å². The number of halogens is 1. The molecule has 0 saturated carbocycles. The molecular weight excluding hydrogens is 320 g/mol. The van der Waals surface area contributed by atoms with E-state index in [-0.39, 0.29) is 5.91 Å². The van der Waals surface area contributed by atoms with Crippen LogP contribution in [0.3, 0.4) is 0 Å². The van der Waals surface area contributed by atoms with Crippen LogP contribution in [-0.4, -0.2) is 5.91 Å². The molecule has 20 heavy (non-hydrogen) atoms. The molecule has 1 amide bonds. The van der Waals surface area contributed by atoms with Crippen molar-refractivity contribution in [3.05, 3.63) is 63.6 Å². The van der Waals surface area contributed by atoms with Gasteiger partial charge in [-0.15, -0.1) is 0 Å². The van der Waals surface area contributed by atoms with Crippen LogP contribution in [0.5, 0.6) is 5.75 Å². The van der Waals surface area contributed by atoms with Gasteiger partial charge in [-0.25, -0.2) is 5.84 Å². The fourth-order valence-electron chi connectivity index (χ4n) is 1.83. The fourth-order valence-corrected chi connectivity index (χ4v) is 2.17. The maximum absolute atomic E-state index is 11.7. The summed E-state index contributed by atoms with van der Waals surface area (Å²) in [6, 6.07) is 13.0. The second kappa shape index (κ2) is 6.54. The Morgan fingerprint density at radius 3 is 2.80 bits per heavy atom. The number of carbonyl (C=O) groups is 1. The van der Waals surface area contributed by atoms with E-state index in [1.165, 1.54) is 0 Å². The first kappa shape index (κ1) is 14.6. The van der Waals surface area contributed by atoms with E-state index in [0.29, 0.717) is 12.2 Å². The van der Waals surface area contributed by atoms with E-state index < -0.39 is 0 Å². The number of aryl methyl sites for hydroxylation is 1. The smallest absolute Gasteiger partial charge is 0.265 e. The zero-order chi connectivity index (χ0) is 14.5. The van der Waals surface area contributed by atoms with Gasteiger partial charge in [0.25, 0.3) is 5.91 Å². The first-order chi connectivity index (χ1) is 9.61. The molecule has 0 radical (unpaired) electrons. The van der Waals surface area contributed by atoms with Crippen LogP contribution in [0.2, 0.25) is 0 Å². The molecule has 0 aliphatic carbocycles. The Hall–Kier alpha value is -1.85. The number of nitrogens with two attached hydrogens (primary N) is 1. The molecule has 2 aromatic rings. The summed E-state index contributed by atoms with van der Waals surface area (Å²) in [5, 5.41) is 0. The van der Waals surface area contributed by atoms with Crippen LogP contribution in [0.1, 0.15) is 21.5 Å². The van der Waals surface area contributed by atoms with Crippen molar-refractivity contribution in [2.24, 2.45) is 5.84 Å². The molecule has 2 rings (SSSR count). The lowest BCUT2D eigenvalue weighted by atomic mass is 10.1. The summed E-state index contributed by atoms with van der Waals surface area (Å²) in [7, 11) is 0. The lowest BCUT2D eigenvalue weighted by molar-refractivity contribution is 0.0951. The Morgan fingerprint density at radius 1 is 1.30 bits per heavy atom. The van der Waals surface area contributed by atoms with E-state index in [0.717, 1.165) is 21.3 Å². The van der Waals surface area contributed by atoms with E-state index in [1.54, 1.807) is 12.1 Å². The number of amides is 1. The summed E-state index contributed by atoms with van der Waals surface area (Å²) in [4.78, 5) is 11.7. The third-order valence-electron chi connectivity index (χ3n) is 2.93. The average molecular weight is 335 g/mol. The molecule has 2 aromatic carbocycles. The van der Waals surface area contributed by atoms with Gasteiger partial charge in [0.2, 0.25) is 0 Å². The first-order valence-corrected chi connectivity index (χ1v) is 6.89. The van der Waals surface area contributed by atoms with Crippen molar-refractivity contribution >= 4 is 21.8 Å². The van der Waals surface area contributed by atoms with Gasteiger partial charge in [0.05, 0.1) is 0 Å². The normalized spacial score (nSPS) is 10.2. The van der Waals surface area contributed by atoms with Crippen LogP contribution in [0, 0.1) is 6.92 Å². The average Bonchev–Trinajstić information content (AvgIpc) is 2.47. The molecule has 0 atom stereocenters. The van der Waals surface area contributed by atoms with Gasteiger partial charge in [0.15, 0.2) is 0 Å². The Morgan fingerprint density at radius 2 is 2.05 bits per heavy atom. The summed E-state index contributed by atoms with van der Waals surface area (Å²) < 4.78 is 6.74. The predicted octanol–water partition coefficient (Wildman–Crippen LogP) is 2.94. The van der Waals surface area contributed by atoms with Gasteiger partial charge in [-0.3, -0.25) is 10.2 Å². The molecule has 0 aliphatic rings. The van der Waals surface area contributed by atoms with Gasteiger partial charge in [0.1, 0.15) is 12.4 Å². The molecule has 0 fully saturated rings. The molecule has 0 spiro atoms. The fraction of sp³-hybridized carbons (Fsp3) is 0.133. The zero-order valence-electron chi connectivity index (χ0n) is 11.0. The van der Waals surface area contributed by atoms with Crippen molar-refractivity contribution in [1.82, 2.24) is 5.43 Å². The van der Waals surface area contributed by atoms with Gasteiger partial charge in [-0.05, 0) is 30.7 Å². The predicted molar refractivity (Wildman–Crippen MR) is 81.3 cm³/mol. The number of nitrogen functional groups attached to an aromatic ring is 1. The number of ether oxygens (including phenoxy) is 1.